The molecule has 1 amide bonds. The van der Waals surface area contributed by atoms with Gasteiger partial charge in [-0.25, -0.2) is 4.98 Å². The topological polar surface area (TPSA) is 46.9 Å². The Morgan fingerprint density at radius 2 is 1.81 bits per heavy atom. The van der Waals surface area contributed by atoms with E-state index in [0.29, 0.717) is 0 Å². The molecule has 0 saturated heterocycles. The summed E-state index contributed by atoms with van der Waals surface area (Å²) in [7, 11) is 0. The van der Waals surface area contributed by atoms with Crippen LogP contribution in [0.3, 0.4) is 0 Å². The van der Waals surface area contributed by atoms with Gasteiger partial charge in [0.25, 0.3) is 0 Å². The van der Waals surface area contributed by atoms with Crippen molar-refractivity contribution in [1.29, 1.82) is 0 Å². The Morgan fingerprint density at radius 3 is 2.62 bits per heavy atom. The first-order valence-electron chi connectivity index (χ1n) is 9.57. The van der Waals surface area contributed by atoms with Crippen molar-refractivity contribution < 1.29 is 4.79 Å². The first kappa shape index (κ1) is 16.8. The highest BCUT2D eigenvalue weighted by atomic mass is 16.2. The van der Waals surface area contributed by atoms with Crippen molar-refractivity contribution in [3.05, 3.63) is 66.0 Å². The smallest absolute Gasteiger partial charge is 0.223 e. The van der Waals surface area contributed by atoms with Crippen LogP contribution in [0.5, 0.6) is 0 Å². The number of nitrogens with one attached hydrogen (secondary N) is 1. The van der Waals surface area contributed by atoms with E-state index in [-0.39, 0.29) is 11.8 Å². The number of aryl methyl sites for hydroxylation is 3. The largest absolute Gasteiger partial charge is 0.356 e. The zero-order chi connectivity index (χ0) is 17.8. The normalized spacial score (nSPS) is 13.8. The Bertz CT molecular complexity index is 881. The highest BCUT2D eigenvalue weighted by Gasteiger charge is 2.28. The van der Waals surface area contributed by atoms with Gasteiger partial charge in [-0.1, -0.05) is 42.5 Å². The second-order valence-corrected chi connectivity index (χ2v) is 7.07. The fourth-order valence-corrected chi connectivity index (χ4v) is 3.40. The summed E-state index contributed by atoms with van der Waals surface area (Å²) in [6.45, 7) is 1.66. The number of hydrogen-bond donors (Lipinski definition) is 1. The molecule has 1 aliphatic rings. The first-order valence-corrected chi connectivity index (χ1v) is 9.57. The number of nitrogens with zero attached hydrogens (tertiary/aromatic N) is 2. The number of fused-ring (bicyclic) bond motifs is 1. The second-order valence-electron chi connectivity index (χ2n) is 7.07. The molecule has 4 heteroatoms. The zero-order valence-corrected chi connectivity index (χ0v) is 15.0. The van der Waals surface area contributed by atoms with Crippen LogP contribution in [0, 0.1) is 5.92 Å². The highest BCUT2D eigenvalue weighted by molar-refractivity contribution is 5.80. The van der Waals surface area contributed by atoms with E-state index in [4.69, 9.17) is 4.98 Å². The summed E-state index contributed by atoms with van der Waals surface area (Å²) < 4.78 is 2.34. The maximum Gasteiger partial charge on any atom is 0.223 e. The molecule has 0 aliphatic heterocycles. The molecule has 26 heavy (non-hydrogen) atoms. The van der Waals surface area contributed by atoms with Crippen LogP contribution >= 0.6 is 0 Å². The van der Waals surface area contributed by atoms with E-state index in [9.17, 15) is 4.79 Å². The summed E-state index contributed by atoms with van der Waals surface area (Å²) in [6.07, 6.45) is 4.91. The lowest BCUT2D eigenvalue weighted by atomic mass is 10.1. The van der Waals surface area contributed by atoms with E-state index in [1.165, 1.54) is 11.1 Å². The minimum Gasteiger partial charge on any atom is -0.356 e. The van der Waals surface area contributed by atoms with Gasteiger partial charge in [0, 0.05) is 25.4 Å². The molecule has 0 atom stereocenters. The summed E-state index contributed by atoms with van der Waals surface area (Å²) in [6, 6.07) is 18.9. The monoisotopic (exact) mass is 347 g/mol. The quantitative estimate of drug-likeness (QED) is 0.631. The minimum atomic E-state index is 0.225. The Kier molecular flexibility index (Phi) is 5.00. The van der Waals surface area contributed by atoms with E-state index in [2.05, 4.69) is 58.4 Å². The molecule has 1 aliphatic carbocycles. The molecular formula is C22H25N3O. The molecule has 1 heterocycles. The van der Waals surface area contributed by atoms with E-state index in [1.54, 1.807) is 0 Å². The number of imidazole rings is 1. The third-order valence-corrected chi connectivity index (χ3v) is 5.03. The summed E-state index contributed by atoms with van der Waals surface area (Å²) in [4.78, 5) is 16.6. The molecule has 4 nitrogen and oxygen atoms in total. The lowest BCUT2D eigenvalue weighted by Crippen LogP contribution is -2.26. The number of para-hydroxylation sites is 2. The van der Waals surface area contributed by atoms with Gasteiger partial charge >= 0.3 is 0 Å². The molecule has 0 bridgehead atoms. The lowest BCUT2D eigenvalue weighted by Gasteiger charge is -2.10. The predicted molar refractivity (Wildman–Crippen MR) is 104 cm³/mol. The average Bonchev–Trinajstić information content (AvgIpc) is 3.47. The van der Waals surface area contributed by atoms with Crippen LogP contribution < -0.4 is 5.32 Å². The molecule has 0 spiro atoms. The van der Waals surface area contributed by atoms with Crippen molar-refractivity contribution in [2.75, 3.05) is 6.54 Å². The fraction of sp³-hybridized carbons (Fsp3) is 0.364. The van der Waals surface area contributed by atoms with Gasteiger partial charge in [-0.3, -0.25) is 4.79 Å². The van der Waals surface area contributed by atoms with Crippen LogP contribution in [0.2, 0.25) is 0 Å². The van der Waals surface area contributed by atoms with E-state index < -0.39 is 0 Å². The summed E-state index contributed by atoms with van der Waals surface area (Å²) in [5.74, 6) is 1.62. The maximum atomic E-state index is 11.8. The number of hydrogen-bond acceptors (Lipinski definition) is 2. The highest BCUT2D eigenvalue weighted by Crippen LogP contribution is 2.28. The van der Waals surface area contributed by atoms with Crippen LogP contribution in [0.1, 0.15) is 30.7 Å². The van der Waals surface area contributed by atoms with Gasteiger partial charge in [-0.05, 0) is 43.4 Å². The molecular weight excluding hydrogens is 322 g/mol. The Hall–Kier alpha value is -2.62. The third kappa shape index (κ3) is 3.96. The van der Waals surface area contributed by atoms with Gasteiger partial charge in [0.1, 0.15) is 5.82 Å². The van der Waals surface area contributed by atoms with Crippen molar-refractivity contribution in [2.24, 2.45) is 5.92 Å². The number of aromatic nitrogens is 2. The molecule has 4 rings (SSSR count). The third-order valence-electron chi connectivity index (χ3n) is 5.03. The zero-order valence-electron chi connectivity index (χ0n) is 15.0. The van der Waals surface area contributed by atoms with Crippen LogP contribution in [0.4, 0.5) is 0 Å². The predicted octanol–water partition coefficient (Wildman–Crippen LogP) is 3.74. The lowest BCUT2D eigenvalue weighted by molar-refractivity contribution is -0.122. The van der Waals surface area contributed by atoms with Crippen molar-refractivity contribution in [1.82, 2.24) is 14.9 Å². The van der Waals surface area contributed by atoms with Crippen molar-refractivity contribution in [2.45, 2.75) is 38.6 Å². The molecule has 1 aromatic heterocycles. The van der Waals surface area contributed by atoms with Crippen molar-refractivity contribution in [3.63, 3.8) is 0 Å². The van der Waals surface area contributed by atoms with Crippen LogP contribution in [0.15, 0.2) is 54.6 Å². The SMILES string of the molecule is O=C(NCCCc1nc2ccccc2n1CCc1ccccc1)C1CC1. The summed E-state index contributed by atoms with van der Waals surface area (Å²) in [5.41, 5.74) is 3.59. The van der Waals surface area contributed by atoms with Crippen molar-refractivity contribution >= 4 is 16.9 Å². The minimum absolute atomic E-state index is 0.225. The van der Waals surface area contributed by atoms with Gasteiger partial charge in [-0.15, -0.1) is 0 Å². The maximum absolute atomic E-state index is 11.8. The molecule has 1 fully saturated rings. The number of carbonyl (C=O) groups is 1. The van der Waals surface area contributed by atoms with E-state index in [0.717, 1.165) is 56.5 Å². The number of carbonyl (C=O) groups excluding carboxylic acids is 1. The Labute approximate surface area is 154 Å². The van der Waals surface area contributed by atoms with Crippen LogP contribution in [-0.2, 0) is 24.2 Å². The fourth-order valence-electron chi connectivity index (χ4n) is 3.40. The molecule has 0 radical (unpaired) electrons. The van der Waals surface area contributed by atoms with Crippen LogP contribution in [-0.4, -0.2) is 22.0 Å². The molecule has 2 aromatic carbocycles. The van der Waals surface area contributed by atoms with Gasteiger partial charge in [0.15, 0.2) is 0 Å². The molecule has 134 valence electrons. The van der Waals surface area contributed by atoms with Gasteiger partial charge < -0.3 is 9.88 Å². The average molecular weight is 347 g/mol. The Morgan fingerprint density at radius 1 is 1.04 bits per heavy atom. The molecule has 3 aromatic rings. The van der Waals surface area contributed by atoms with Gasteiger partial charge in [0.2, 0.25) is 5.91 Å². The summed E-state index contributed by atoms with van der Waals surface area (Å²) in [5, 5.41) is 3.05. The summed E-state index contributed by atoms with van der Waals surface area (Å²) >= 11 is 0. The van der Waals surface area contributed by atoms with Gasteiger partial charge in [0.05, 0.1) is 11.0 Å². The molecule has 1 saturated carbocycles. The first-order chi connectivity index (χ1) is 12.8. The van der Waals surface area contributed by atoms with Gasteiger partial charge in [-0.2, -0.15) is 0 Å². The second kappa shape index (κ2) is 7.73. The van der Waals surface area contributed by atoms with Crippen LogP contribution in [0.25, 0.3) is 11.0 Å². The number of amides is 1. The van der Waals surface area contributed by atoms with E-state index >= 15 is 0 Å². The van der Waals surface area contributed by atoms with Crippen molar-refractivity contribution in [3.8, 4) is 0 Å². The standard InChI is InChI=1S/C22H25N3O/c26-22(18-12-13-18)23-15-6-11-21-24-19-9-4-5-10-20(19)25(21)16-14-17-7-2-1-3-8-17/h1-5,7-10,18H,6,11-16H2,(H,23,26). The Balaban J connectivity index is 1.43. The molecule has 0 unspecified atom stereocenters. The van der Waals surface area contributed by atoms with E-state index in [1.807, 2.05) is 6.07 Å². The number of rotatable bonds is 8. The molecule has 1 N–H and O–H groups in total. The number of benzene rings is 2.